The summed E-state index contributed by atoms with van der Waals surface area (Å²) < 4.78 is 54.0. The largest absolute Gasteiger partial charge is 0.353 e. The number of benzene rings is 1. The molecule has 1 aromatic carbocycles. The minimum atomic E-state index is -3.68. The van der Waals surface area contributed by atoms with E-state index in [-0.39, 0.29) is 46.5 Å². The van der Waals surface area contributed by atoms with E-state index in [1.54, 1.807) is 29.9 Å². The molecule has 2 aromatic heterocycles. The minimum Gasteiger partial charge on any atom is -0.353 e. The Labute approximate surface area is 207 Å². The standard InChI is InChI=1S/C25H25F2N5O3S/c1-13-8-18(31-32(13)2)15-6-7-17(23(9-15)36(3,34)35)29-19-10-16(11-22(33)14-4-5-14)28-20-12-21(25(26)27)30-24(19)20/h6-10,14,25H,4-5,11-12H2,1-3H3,(H,28,29). The molecule has 0 atom stereocenters. The zero-order chi connectivity index (χ0) is 25.8. The number of nitrogens with one attached hydrogen (secondary N) is 1. The molecule has 36 heavy (non-hydrogen) atoms. The first kappa shape index (κ1) is 24.2. The van der Waals surface area contributed by atoms with Crippen LogP contribution in [0.4, 0.5) is 25.8 Å². The Morgan fingerprint density at radius 2 is 1.94 bits per heavy atom. The first-order valence-corrected chi connectivity index (χ1v) is 13.4. The first-order chi connectivity index (χ1) is 17.0. The molecule has 8 nitrogen and oxygen atoms in total. The van der Waals surface area contributed by atoms with Gasteiger partial charge in [0.25, 0.3) is 6.43 Å². The molecule has 1 N–H and O–H groups in total. The molecule has 2 aliphatic rings. The van der Waals surface area contributed by atoms with E-state index in [2.05, 4.69) is 20.4 Å². The highest BCUT2D eigenvalue weighted by atomic mass is 32.2. The third kappa shape index (κ3) is 4.79. The number of Topliss-reactive ketones (excluding diaryl/α,β-unsaturated/α-hetero) is 1. The monoisotopic (exact) mass is 513 g/mol. The molecule has 0 spiro atoms. The molecule has 3 aromatic rings. The van der Waals surface area contributed by atoms with E-state index in [9.17, 15) is 22.0 Å². The lowest BCUT2D eigenvalue weighted by Crippen LogP contribution is -2.11. The number of aryl methyl sites for hydroxylation is 2. The van der Waals surface area contributed by atoms with Crippen LogP contribution in [0.1, 0.15) is 29.9 Å². The second-order valence-corrected chi connectivity index (χ2v) is 11.3. The van der Waals surface area contributed by atoms with Gasteiger partial charge in [-0.3, -0.25) is 14.5 Å². The van der Waals surface area contributed by atoms with Gasteiger partial charge in [-0.15, -0.1) is 0 Å². The lowest BCUT2D eigenvalue weighted by atomic mass is 10.1. The summed E-state index contributed by atoms with van der Waals surface area (Å²) in [5, 5.41) is 7.50. The fourth-order valence-electron chi connectivity index (χ4n) is 4.23. The van der Waals surface area contributed by atoms with E-state index in [1.165, 1.54) is 6.07 Å². The lowest BCUT2D eigenvalue weighted by Gasteiger charge is -2.15. The van der Waals surface area contributed by atoms with Crippen LogP contribution >= 0.6 is 0 Å². The molecule has 11 heteroatoms. The predicted molar refractivity (Wildman–Crippen MR) is 132 cm³/mol. The Bertz CT molecular complexity index is 1510. The van der Waals surface area contributed by atoms with E-state index in [4.69, 9.17) is 0 Å². The van der Waals surface area contributed by atoms with Crippen molar-refractivity contribution >= 4 is 38.4 Å². The van der Waals surface area contributed by atoms with Crippen molar-refractivity contribution in [2.45, 2.75) is 43.9 Å². The molecule has 1 aliphatic carbocycles. The van der Waals surface area contributed by atoms with Crippen LogP contribution in [0.15, 0.2) is 40.2 Å². The molecular weight excluding hydrogens is 488 g/mol. The van der Waals surface area contributed by atoms with Crippen LogP contribution in [-0.4, -0.2) is 47.4 Å². The fourth-order valence-corrected chi connectivity index (χ4v) is 5.09. The van der Waals surface area contributed by atoms with Gasteiger partial charge in [-0.1, -0.05) is 6.07 Å². The van der Waals surface area contributed by atoms with Crippen LogP contribution in [0.5, 0.6) is 0 Å². The van der Waals surface area contributed by atoms with Crippen LogP contribution in [0.3, 0.4) is 0 Å². The SMILES string of the molecule is Cc1cc(-c2ccc(Nc3cc(CC(=O)C4CC4)nc4c3N=C(C(F)F)C4)c(S(C)(=O)=O)c2)nn1C. The van der Waals surface area contributed by atoms with Crippen molar-refractivity contribution in [2.24, 2.45) is 18.0 Å². The van der Waals surface area contributed by atoms with Crippen molar-refractivity contribution < 1.29 is 22.0 Å². The number of aliphatic imine (C=N–C) groups is 1. The van der Waals surface area contributed by atoms with Crippen molar-refractivity contribution in [1.29, 1.82) is 0 Å². The van der Waals surface area contributed by atoms with Crippen molar-refractivity contribution in [3.63, 3.8) is 0 Å². The van der Waals surface area contributed by atoms with Crippen molar-refractivity contribution in [3.05, 3.63) is 47.4 Å². The van der Waals surface area contributed by atoms with E-state index in [0.29, 0.717) is 28.3 Å². The number of sulfone groups is 1. The van der Waals surface area contributed by atoms with Gasteiger partial charge >= 0.3 is 0 Å². The number of pyridine rings is 1. The normalized spacial score (nSPS) is 15.2. The van der Waals surface area contributed by atoms with Gasteiger partial charge in [-0.2, -0.15) is 5.10 Å². The predicted octanol–water partition coefficient (Wildman–Crippen LogP) is 4.35. The summed E-state index contributed by atoms with van der Waals surface area (Å²) in [6, 6.07) is 8.34. The molecule has 3 heterocycles. The van der Waals surface area contributed by atoms with E-state index in [0.717, 1.165) is 24.8 Å². The molecule has 1 fully saturated rings. The number of hydrogen-bond donors (Lipinski definition) is 1. The number of alkyl halides is 2. The van der Waals surface area contributed by atoms with E-state index in [1.807, 2.05) is 13.0 Å². The zero-order valence-electron chi connectivity index (χ0n) is 20.0. The number of aromatic nitrogens is 3. The molecule has 0 unspecified atom stereocenters. The van der Waals surface area contributed by atoms with Gasteiger partial charge in [0, 0.05) is 43.3 Å². The van der Waals surface area contributed by atoms with Gasteiger partial charge in [-0.25, -0.2) is 22.2 Å². The van der Waals surface area contributed by atoms with Gasteiger partial charge in [-0.05, 0) is 44.0 Å². The number of fused-ring (bicyclic) bond motifs is 1. The maximum Gasteiger partial charge on any atom is 0.277 e. The van der Waals surface area contributed by atoms with E-state index < -0.39 is 16.3 Å². The van der Waals surface area contributed by atoms with E-state index >= 15 is 0 Å². The highest BCUT2D eigenvalue weighted by Gasteiger charge is 2.31. The molecule has 1 saturated carbocycles. The summed E-state index contributed by atoms with van der Waals surface area (Å²) in [6.07, 6.45) is 0.0413. The smallest absolute Gasteiger partial charge is 0.277 e. The topological polar surface area (TPSA) is 106 Å². The number of rotatable bonds is 8. The number of anilines is 2. The summed E-state index contributed by atoms with van der Waals surface area (Å²) >= 11 is 0. The Morgan fingerprint density at radius 1 is 1.19 bits per heavy atom. The number of carbonyl (C=O) groups excluding carboxylic acids is 1. The number of ketones is 1. The van der Waals surface area contributed by atoms with Crippen LogP contribution in [-0.2, 0) is 34.5 Å². The van der Waals surface area contributed by atoms with Crippen LogP contribution in [0, 0.1) is 12.8 Å². The number of hydrogen-bond acceptors (Lipinski definition) is 7. The summed E-state index contributed by atoms with van der Waals surface area (Å²) in [7, 11) is -1.88. The third-order valence-electron chi connectivity index (χ3n) is 6.42. The molecule has 0 radical (unpaired) electrons. The van der Waals surface area contributed by atoms with Crippen molar-refractivity contribution in [1.82, 2.24) is 14.8 Å². The number of nitrogens with zero attached hydrogens (tertiary/aromatic N) is 4. The fraction of sp³-hybridized carbons (Fsp3) is 0.360. The van der Waals surface area contributed by atoms with Gasteiger partial charge < -0.3 is 5.32 Å². The highest BCUT2D eigenvalue weighted by Crippen LogP contribution is 2.39. The molecule has 1 aliphatic heterocycles. The van der Waals surface area contributed by atoms with Crippen LogP contribution in [0.25, 0.3) is 11.3 Å². The molecule has 5 rings (SSSR count). The Hall–Kier alpha value is -3.47. The number of halogens is 2. The maximum absolute atomic E-state index is 13.4. The van der Waals surface area contributed by atoms with Gasteiger partial charge in [0.2, 0.25) is 0 Å². The van der Waals surface area contributed by atoms with Crippen LogP contribution < -0.4 is 5.32 Å². The summed E-state index contributed by atoms with van der Waals surface area (Å²) in [5.74, 6) is 0.0946. The maximum atomic E-state index is 13.4. The first-order valence-electron chi connectivity index (χ1n) is 11.5. The molecule has 0 bridgehead atoms. The minimum absolute atomic E-state index is 0.0283. The average molecular weight is 514 g/mol. The van der Waals surface area contributed by atoms with Crippen molar-refractivity contribution in [2.75, 3.05) is 11.6 Å². The Morgan fingerprint density at radius 3 is 2.56 bits per heavy atom. The molecule has 0 saturated heterocycles. The second-order valence-electron chi connectivity index (χ2n) is 9.36. The molecular formula is C25H25F2N5O3S. The molecule has 0 amide bonds. The second kappa shape index (κ2) is 8.88. The highest BCUT2D eigenvalue weighted by molar-refractivity contribution is 7.90. The van der Waals surface area contributed by atoms with Gasteiger partial charge in [0.15, 0.2) is 9.84 Å². The third-order valence-corrected chi connectivity index (χ3v) is 7.56. The summed E-state index contributed by atoms with van der Waals surface area (Å²) in [6.45, 7) is 1.90. The quantitative estimate of drug-likeness (QED) is 0.480. The van der Waals surface area contributed by atoms with Crippen LogP contribution in [0.2, 0.25) is 0 Å². The number of carbonyl (C=O) groups is 1. The zero-order valence-corrected chi connectivity index (χ0v) is 20.9. The van der Waals surface area contributed by atoms with Crippen molar-refractivity contribution in [3.8, 4) is 11.3 Å². The lowest BCUT2D eigenvalue weighted by molar-refractivity contribution is -0.119. The molecule has 188 valence electrons. The van der Waals surface area contributed by atoms with Gasteiger partial charge in [0.05, 0.1) is 39.1 Å². The van der Waals surface area contributed by atoms with Gasteiger partial charge in [0.1, 0.15) is 11.5 Å². The Kier molecular flexibility index (Phi) is 5.98. The summed E-state index contributed by atoms with van der Waals surface area (Å²) in [5.41, 5.74) is 3.48. The Balaban J connectivity index is 1.57. The summed E-state index contributed by atoms with van der Waals surface area (Å²) in [4.78, 5) is 20.9. The average Bonchev–Trinajstić information content (AvgIpc) is 3.48.